The lowest BCUT2D eigenvalue weighted by Gasteiger charge is -2.44. The molecule has 176 valence electrons. The van der Waals surface area contributed by atoms with Crippen molar-refractivity contribution in [1.29, 1.82) is 0 Å². The Morgan fingerprint density at radius 1 is 0.700 bits per heavy atom. The maximum atomic E-state index is 6.94. The van der Waals surface area contributed by atoms with Crippen LogP contribution in [0.1, 0.15) is 68.2 Å². The van der Waals surface area contributed by atoms with Crippen molar-refractivity contribution in [3.8, 4) is 0 Å². The smallest absolute Gasteiger partial charge is 0.192 e. The van der Waals surface area contributed by atoms with E-state index >= 15 is 0 Å². The molecular formula is C23H46O5Si2. The second-order valence-corrected chi connectivity index (χ2v) is 22.6. The van der Waals surface area contributed by atoms with E-state index in [-0.39, 0.29) is 46.7 Å². The van der Waals surface area contributed by atoms with Crippen LogP contribution in [0.5, 0.6) is 0 Å². The molecule has 3 rings (SSSR count). The second kappa shape index (κ2) is 7.64. The van der Waals surface area contributed by atoms with Gasteiger partial charge in [0, 0.05) is 12.8 Å². The van der Waals surface area contributed by atoms with Crippen LogP contribution in [0.4, 0.5) is 0 Å². The van der Waals surface area contributed by atoms with E-state index in [2.05, 4.69) is 67.7 Å². The molecule has 30 heavy (non-hydrogen) atoms. The quantitative estimate of drug-likeness (QED) is 0.391. The predicted octanol–water partition coefficient (Wildman–Crippen LogP) is 5.85. The van der Waals surface area contributed by atoms with Gasteiger partial charge in [0.05, 0.1) is 24.4 Å². The Labute approximate surface area is 186 Å². The molecule has 0 radical (unpaired) electrons. The molecule has 1 saturated carbocycles. The predicted molar refractivity (Wildman–Crippen MR) is 126 cm³/mol. The summed E-state index contributed by atoms with van der Waals surface area (Å²) in [4.78, 5) is 0. The summed E-state index contributed by atoms with van der Waals surface area (Å²) in [6.45, 7) is 27.0. The average molecular weight is 459 g/mol. The zero-order valence-electron chi connectivity index (χ0n) is 21.4. The number of hydrogen-bond acceptors (Lipinski definition) is 5. The lowest BCUT2D eigenvalue weighted by Crippen LogP contribution is -2.55. The first-order valence-corrected chi connectivity index (χ1v) is 17.5. The summed E-state index contributed by atoms with van der Waals surface area (Å²) in [6, 6.07) is 0. The van der Waals surface area contributed by atoms with Crippen LogP contribution in [0.25, 0.3) is 0 Å². The number of rotatable bonds is 4. The van der Waals surface area contributed by atoms with Gasteiger partial charge in [-0.2, -0.15) is 0 Å². The molecule has 0 bridgehead atoms. The summed E-state index contributed by atoms with van der Waals surface area (Å²) in [5.41, 5.74) is 0. The van der Waals surface area contributed by atoms with E-state index in [1.54, 1.807) is 0 Å². The SMILES string of the molecule is CC1(C)O[C@H]2[C@H](O1)[C@@H](O[Si](C)(C)C(C)(C)C)C[C@H]1O[C@H]1C[C@@H]2O[Si](C)(C)C(C)(C)C. The molecule has 0 aromatic heterocycles. The average Bonchev–Trinajstić information content (AvgIpc) is 3.13. The van der Waals surface area contributed by atoms with Crippen molar-refractivity contribution in [2.75, 3.05) is 0 Å². The highest BCUT2D eigenvalue weighted by atomic mass is 28.4. The molecule has 0 amide bonds. The first kappa shape index (κ1) is 24.9. The van der Waals surface area contributed by atoms with Crippen LogP contribution < -0.4 is 0 Å². The summed E-state index contributed by atoms with van der Waals surface area (Å²) < 4.78 is 33.0. The monoisotopic (exact) mass is 458 g/mol. The minimum Gasteiger partial charge on any atom is -0.411 e. The van der Waals surface area contributed by atoms with Crippen molar-refractivity contribution in [2.24, 2.45) is 0 Å². The third kappa shape index (κ3) is 5.08. The van der Waals surface area contributed by atoms with Crippen LogP contribution in [-0.2, 0) is 23.1 Å². The van der Waals surface area contributed by atoms with E-state index in [1.165, 1.54) is 0 Å². The van der Waals surface area contributed by atoms with Gasteiger partial charge in [0.1, 0.15) is 12.2 Å². The molecular weight excluding hydrogens is 412 g/mol. The largest absolute Gasteiger partial charge is 0.411 e. The molecule has 2 saturated heterocycles. The highest BCUT2D eigenvalue weighted by Crippen LogP contribution is 2.47. The fourth-order valence-corrected chi connectivity index (χ4v) is 6.73. The first-order chi connectivity index (χ1) is 13.3. The molecule has 0 aromatic carbocycles. The Kier molecular flexibility index (Phi) is 6.33. The number of ether oxygens (including phenoxy) is 3. The Morgan fingerprint density at radius 3 is 1.33 bits per heavy atom. The van der Waals surface area contributed by atoms with E-state index < -0.39 is 22.4 Å². The summed E-state index contributed by atoms with van der Waals surface area (Å²) in [7, 11) is -3.94. The van der Waals surface area contributed by atoms with Crippen molar-refractivity contribution in [3.05, 3.63) is 0 Å². The Morgan fingerprint density at radius 2 is 1.03 bits per heavy atom. The molecule has 0 aromatic rings. The Hall–Kier alpha value is 0.234. The number of hydrogen-bond donors (Lipinski definition) is 0. The molecule has 0 unspecified atom stereocenters. The zero-order valence-corrected chi connectivity index (χ0v) is 23.4. The molecule has 0 N–H and O–H groups in total. The van der Waals surface area contributed by atoms with E-state index in [0.717, 1.165) is 12.8 Å². The van der Waals surface area contributed by atoms with E-state index in [9.17, 15) is 0 Å². The lowest BCUT2D eigenvalue weighted by molar-refractivity contribution is -0.159. The van der Waals surface area contributed by atoms with Crippen molar-refractivity contribution < 1.29 is 23.1 Å². The van der Waals surface area contributed by atoms with Gasteiger partial charge in [0.15, 0.2) is 22.4 Å². The van der Waals surface area contributed by atoms with Crippen LogP contribution in [-0.4, -0.2) is 59.0 Å². The summed E-state index contributed by atoms with van der Waals surface area (Å²) in [5, 5.41) is 0.279. The van der Waals surface area contributed by atoms with Crippen molar-refractivity contribution in [1.82, 2.24) is 0 Å². The highest BCUT2D eigenvalue weighted by molar-refractivity contribution is 6.74. The van der Waals surface area contributed by atoms with Gasteiger partial charge >= 0.3 is 0 Å². The second-order valence-electron chi connectivity index (χ2n) is 13.1. The minimum atomic E-state index is -1.97. The van der Waals surface area contributed by atoms with Gasteiger partial charge < -0.3 is 23.1 Å². The molecule has 6 atom stereocenters. The van der Waals surface area contributed by atoms with Gasteiger partial charge in [0.2, 0.25) is 0 Å². The topological polar surface area (TPSA) is 49.5 Å². The molecule has 7 heteroatoms. The van der Waals surface area contributed by atoms with E-state index in [1.807, 2.05) is 13.8 Å². The maximum Gasteiger partial charge on any atom is 0.192 e. The molecule has 5 nitrogen and oxygen atoms in total. The van der Waals surface area contributed by atoms with Gasteiger partial charge in [-0.15, -0.1) is 0 Å². The molecule has 0 spiro atoms. The molecule has 2 aliphatic heterocycles. The van der Waals surface area contributed by atoms with Gasteiger partial charge in [0.25, 0.3) is 0 Å². The Balaban J connectivity index is 1.91. The molecule has 2 heterocycles. The Bertz CT molecular complexity index is 582. The van der Waals surface area contributed by atoms with Crippen molar-refractivity contribution >= 4 is 16.6 Å². The number of fused-ring (bicyclic) bond motifs is 2. The minimum absolute atomic E-state index is 0.0292. The highest BCUT2D eigenvalue weighted by Gasteiger charge is 2.58. The van der Waals surface area contributed by atoms with E-state index in [4.69, 9.17) is 23.1 Å². The van der Waals surface area contributed by atoms with Crippen molar-refractivity contribution in [2.45, 2.75) is 147 Å². The van der Waals surface area contributed by atoms with Gasteiger partial charge in [-0.1, -0.05) is 41.5 Å². The number of epoxide rings is 1. The fourth-order valence-electron chi connectivity index (χ4n) is 4.05. The van der Waals surface area contributed by atoms with Crippen LogP contribution in [0.2, 0.25) is 36.3 Å². The van der Waals surface area contributed by atoms with Crippen LogP contribution >= 0.6 is 0 Å². The third-order valence-electron chi connectivity index (χ3n) is 8.02. The van der Waals surface area contributed by atoms with Gasteiger partial charge in [-0.25, -0.2) is 0 Å². The van der Waals surface area contributed by atoms with Crippen LogP contribution in [0.3, 0.4) is 0 Å². The van der Waals surface area contributed by atoms with Crippen LogP contribution in [0.15, 0.2) is 0 Å². The molecule has 3 aliphatic rings. The van der Waals surface area contributed by atoms with Crippen molar-refractivity contribution in [3.63, 3.8) is 0 Å². The zero-order chi connectivity index (χ0) is 22.9. The fraction of sp³-hybridized carbons (Fsp3) is 1.00. The first-order valence-electron chi connectivity index (χ1n) is 11.7. The molecule has 3 fully saturated rings. The molecule has 1 aliphatic carbocycles. The van der Waals surface area contributed by atoms with E-state index in [0.29, 0.717) is 0 Å². The normalized spacial score (nSPS) is 37.2. The maximum absolute atomic E-state index is 6.94. The van der Waals surface area contributed by atoms with Gasteiger partial charge in [-0.3, -0.25) is 0 Å². The standard InChI is InChI=1S/C23H46O5Si2/c1-21(2,3)29(9,10)27-17-13-15-16(24-15)14-18(28-30(11,12)22(4,5)6)20-19(17)25-23(7,8)26-20/h15-20H,13-14H2,1-12H3/t15-,16+,17-,18-,19+,20+/m0/s1. The van der Waals surface area contributed by atoms with Gasteiger partial charge in [-0.05, 0) is 50.1 Å². The summed E-state index contributed by atoms with van der Waals surface area (Å²) in [5.74, 6) is -0.630. The third-order valence-corrected chi connectivity index (χ3v) is 17.0. The summed E-state index contributed by atoms with van der Waals surface area (Å²) in [6.07, 6.45) is 1.94. The lowest BCUT2D eigenvalue weighted by atomic mass is 9.92. The van der Waals surface area contributed by atoms with Crippen LogP contribution in [0, 0.1) is 0 Å². The summed E-state index contributed by atoms with van der Waals surface area (Å²) >= 11 is 0.